The quantitative estimate of drug-likeness (QED) is 0.677. The van der Waals surface area contributed by atoms with Crippen molar-refractivity contribution in [2.24, 2.45) is 11.5 Å². The number of nitrogens with two attached hydrogens (primary N) is 2. The Morgan fingerprint density at radius 1 is 1.20 bits per heavy atom. The molecule has 3 nitrogen and oxygen atoms in total. The Labute approximate surface area is 96.9 Å². The van der Waals surface area contributed by atoms with Crippen LogP contribution in [-0.2, 0) is 0 Å². The number of phenols is 1. The number of hydrogen-bond acceptors (Lipinski definition) is 3. The van der Waals surface area contributed by atoms with Crippen LogP contribution in [0.15, 0.2) is 24.3 Å². The molecule has 5 N–H and O–H groups in total. The molecule has 4 heteroatoms. The molecule has 0 radical (unpaired) electrons. The highest BCUT2D eigenvalue weighted by molar-refractivity contribution is 5.85. The zero-order valence-electron chi connectivity index (χ0n) is 8.73. The Hall–Kier alpha value is -0.770. The number of aromatic hydroxyl groups is 1. The van der Waals surface area contributed by atoms with Crippen LogP contribution >= 0.6 is 12.4 Å². The van der Waals surface area contributed by atoms with Gasteiger partial charge < -0.3 is 16.6 Å². The van der Waals surface area contributed by atoms with Crippen molar-refractivity contribution in [1.82, 2.24) is 0 Å². The standard InChI is InChI=1S/C11H18N2O.ClH/c12-8-4-3-6-10(13)9-5-1-2-7-11(9)14;/h1-2,5,7,10,14H,3-4,6,8,12-13H2;1H/t10-;/m0./s1. The average molecular weight is 231 g/mol. The average Bonchev–Trinajstić information content (AvgIpc) is 2.18. The van der Waals surface area contributed by atoms with E-state index in [0.717, 1.165) is 24.8 Å². The summed E-state index contributed by atoms with van der Waals surface area (Å²) in [5, 5.41) is 9.53. The number of benzene rings is 1. The molecule has 0 spiro atoms. The lowest BCUT2D eigenvalue weighted by molar-refractivity contribution is 0.456. The van der Waals surface area contributed by atoms with Crippen molar-refractivity contribution < 1.29 is 5.11 Å². The van der Waals surface area contributed by atoms with E-state index >= 15 is 0 Å². The number of unbranched alkanes of at least 4 members (excludes halogenated alkanes) is 1. The first-order valence-electron chi connectivity index (χ1n) is 4.99. The molecule has 0 aliphatic rings. The number of para-hydroxylation sites is 1. The normalized spacial score (nSPS) is 11.9. The zero-order chi connectivity index (χ0) is 10.4. The molecular formula is C11H19ClN2O. The predicted octanol–water partition coefficient (Wildman–Crippen LogP) is 1.94. The lowest BCUT2D eigenvalue weighted by Crippen LogP contribution is -2.11. The van der Waals surface area contributed by atoms with Crippen LogP contribution in [0.5, 0.6) is 5.75 Å². The van der Waals surface area contributed by atoms with E-state index in [9.17, 15) is 5.11 Å². The summed E-state index contributed by atoms with van der Waals surface area (Å²) >= 11 is 0. The Morgan fingerprint density at radius 2 is 1.87 bits per heavy atom. The summed E-state index contributed by atoms with van der Waals surface area (Å²) in [4.78, 5) is 0. The predicted molar refractivity (Wildman–Crippen MR) is 65.2 cm³/mol. The van der Waals surface area contributed by atoms with Gasteiger partial charge in [-0.2, -0.15) is 0 Å². The second-order valence-corrected chi connectivity index (χ2v) is 3.45. The molecule has 0 aliphatic carbocycles. The van der Waals surface area contributed by atoms with Crippen molar-refractivity contribution >= 4 is 12.4 Å². The molecule has 0 amide bonds. The molecule has 0 saturated carbocycles. The molecule has 0 fully saturated rings. The van der Waals surface area contributed by atoms with E-state index in [0.29, 0.717) is 6.54 Å². The molecule has 0 bridgehead atoms. The number of phenolic OH excluding ortho intramolecular Hbond substituents is 1. The first-order valence-corrected chi connectivity index (χ1v) is 4.99. The number of rotatable bonds is 5. The van der Waals surface area contributed by atoms with Crippen LogP contribution in [0.2, 0.25) is 0 Å². The fourth-order valence-corrected chi connectivity index (χ4v) is 1.47. The van der Waals surface area contributed by atoms with E-state index in [1.54, 1.807) is 12.1 Å². The topological polar surface area (TPSA) is 72.3 Å². The summed E-state index contributed by atoms with van der Waals surface area (Å²) in [7, 11) is 0. The van der Waals surface area contributed by atoms with Gasteiger partial charge in [0.05, 0.1) is 0 Å². The van der Waals surface area contributed by atoms with Crippen LogP contribution in [0.25, 0.3) is 0 Å². The molecule has 0 saturated heterocycles. The van der Waals surface area contributed by atoms with Crippen LogP contribution in [0.1, 0.15) is 30.9 Å². The SMILES string of the molecule is Cl.NCCCC[C@H](N)c1ccccc1O. The van der Waals surface area contributed by atoms with E-state index in [-0.39, 0.29) is 24.2 Å². The van der Waals surface area contributed by atoms with Gasteiger partial charge in [0.2, 0.25) is 0 Å². The van der Waals surface area contributed by atoms with Crippen molar-refractivity contribution in [3.63, 3.8) is 0 Å². The van der Waals surface area contributed by atoms with E-state index in [1.807, 2.05) is 12.1 Å². The van der Waals surface area contributed by atoms with Gasteiger partial charge in [0.15, 0.2) is 0 Å². The van der Waals surface area contributed by atoms with Crippen molar-refractivity contribution in [2.45, 2.75) is 25.3 Å². The maximum absolute atomic E-state index is 9.53. The van der Waals surface area contributed by atoms with Gasteiger partial charge in [-0.25, -0.2) is 0 Å². The number of halogens is 1. The lowest BCUT2D eigenvalue weighted by atomic mass is 10.0. The molecule has 0 heterocycles. The van der Waals surface area contributed by atoms with Gasteiger partial charge in [0, 0.05) is 11.6 Å². The minimum atomic E-state index is -0.0808. The first-order chi connectivity index (χ1) is 6.75. The minimum absolute atomic E-state index is 0. The van der Waals surface area contributed by atoms with Gasteiger partial charge in [0.25, 0.3) is 0 Å². The monoisotopic (exact) mass is 230 g/mol. The third-order valence-corrected chi connectivity index (χ3v) is 2.31. The van der Waals surface area contributed by atoms with Gasteiger partial charge in [-0.15, -0.1) is 12.4 Å². The molecular weight excluding hydrogens is 212 g/mol. The molecule has 0 unspecified atom stereocenters. The fourth-order valence-electron chi connectivity index (χ4n) is 1.47. The van der Waals surface area contributed by atoms with Crippen LogP contribution in [0, 0.1) is 0 Å². The third-order valence-electron chi connectivity index (χ3n) is 2.31. The highest BCUT2D eigenvalue weighted by Gasteiger charge is 2.08. The van der Waals surface area contributed by atoms with E-state index < -0.39 is 0 Å². The molecule has 1 aromatic rings. The molecule has 0 aliphatic heterocycles. The van der Waals surface area contributed by atoms with Crippen LogP contribution in [0.3, 0.4) is 0 Å². The molecule has 1 rings (SSSR count). The summed E-state index contributed by atoms with van der Waals surface area (Å²) < 4.78 is 0. The van der Waals surface area contributed by atoms with Crippen LogP contribution in [-0.4, -0.2) is 11.7 Å². The highest BCUT2D eigenvalue weighted by Crippen LogP contribution is 2.24. The number of hydrogen-bond donors (Lipinski definition) is 3. The maximum atomic E-state index is 9.53. The fraction of sp³-hybridized carbons (Fsp3) is 0.455. The van der Waals surface area contributed by atoms with Crippen molar-refractivity contribution in [1.29, 1.82) is 0 Å². The second kappa shape index (κ2) is 7.51. The highest BCUT2D eigenvalue weighted by atomic mass is 35.5. The Kier molecular flexibility index (Phi) is 7.13. The lowest BCUT2D eigenvalue weighted by Gasteiger charge is -2.12. The van der Waals surface area contributed by atoms with Crippen LogP contribution in [0.4, 0.5) is 0 Å². The van der Waals surface area contributed by atoms with Crippen molar-refractivity contribution in [3.8, 4) is 5.75 Å². The molecule has 1 aromatic carbocycles. The van der Waals surface area contributed by atoms with Crippen molar-refractivity contribution in [2.75, 3.05) is 6.54 Å². The van der Waals surface area contributed by atoms with E-state index in [4.69, 9.17) is 11.5 Å². The third kappa shape index (κ3) is 4.51. The Bertz CT molecular complexity index is 281. The van der Waals surface area contributed by atoms with Gasteiger partial charge in [-0.1, -0.05) is 24.6 Å². The van der Waals surface area contributed by atoms with Gasteiger partial charge >= 0.3 is 0 Å². The first kappa shape index (κ1) is 14.2. The maximum Gasteiger partial charge on any atom is 0.120 e. The summed E-state index contributed by atoms with van der Waals surface area (Å²) in [5.41, 5.74) is 12.2. The van der Waals surface area contributed by atoms with Gasteiger partial charge in [-0.3, -0.25) is 0 Å². The summed E-state index contributed by atoms with van der Waals surface area (Å²) in [6.07, 6.45) is 2.86. The molecule has 15 heavy (non-hydrogen) atoms. The van der Waals surface area contributed by atoms with E-state index in [2.05, 4.69) is 0 Å². The summed E-state index contributed by atoms with van der Waals surface area (Å²) in [6, 6.07) is 7.13. The van der Waals surface area contributed by atoms with Gasteiger partial charge in [-0.05, 0) is 25.5 Å². The summed E-state index contributed by atoms with van der Waals surface area (Å²) in [6.45, 7) is 0.702. The van der Waals surface area contributed by atoms with Crippen LogP contribution < -0.4 is 11.5 Å². The zero-order valence-corrected chi connectivity index (χ0v) is 9.54. The second-order valence-electron chi connectivity index (χ2n) is 3.45. The molecule has 1 atom stereocenters. The Morgan fingerprint density at radius 3 is 2.47 bits per heavy atom. The van der Waals surface area contributed by atoms with Crippen molar-refractivity contribution in [3.05, 3.63) is 29.8 Å². The minimum Gasteiger partial charge on any atom is -0.508 e. The van der Waals surface area contributed by atoms with Gasteiger partial charge in [0.1, 0.15) is 5.75 Å². The van der Waals surface area contributed by atoms with E-state index in [1.165, 1.54) is 0 Å². The summed E-state index contributed by atoms with van der Waals surface area (Å²) in [5.74, 6) is 0.285. The molecule has 86 valence electrons. The smallest absolute Gasteiger partial charge is 0.120 e. The largest absolute Gasteiger partial charge is 0.508 e. The Balaban J connectivity index is 0.00000196. The molecule has 0 aromatic heterocycles.